The van der Waals surface area contributed by atoms with E-state index in [1.54, 1.807) is 19.9 Å². The Labute approximate surface area is 100 Å². The van der Waals surface area contributed by atoms with Crippen LogP contribution in [0.4, 0.5) is 11.5 Å². The van der Waals surface area contributed by atoms with Gasteiger partial charge in [0, 0.05) is 12.6 Å². The van der Waals surface area contributed by atoms with Gasteiger partial charge in [0.1, 0.15) is 5.82 Å². The molecule has 1 heterocycles. The van der Waals surface area contributed by atoms with Crippen molar-refractivity contribution in [1.82, 2.24) is 4.98 Å². The van der Waals surface area contributed by atoms with Gasteiger partial charge in [-0.25, -0.2) is 0 Å². The smallest absolute Gasteiger partial charge is 0.331 e. The van der Waals surface area contributed by atoms with Crippen LogP contribution in [0.2, 0.25) is 0 Å². The molecule has 0 aliphatic heterocycles. The molecule has 94 valence electrons. The molecule has 1 rings (SSSR count). The summed E-state index contributed by atoms with van der Waals surface area (Å²) in [5.41, 5.74) is -0.110. The molecule has 0 aliphatic rings. The molecule has 0 saturated heterocycles. The minimum atomic E-state index is -0.492. The number of hydrogen-bond donors (Lipinski definition) is 1. The van der Waals surface area contributed by atoms with E-state index in [1.165, 1.54) is 6.07 Å². The second-order valence-electron chi connectivity index (χ2n) is 3.87. The molecular formula is C11H17N3O3. The van der Waals surface area contributed by atoms with E-state index >= 15 is 0 Å². The van der Waals surface area contributed by atoms with Gasteiger partial charge in [0.2, 0.25) is 0 Å². The molecule has 0 spiro atoms. The number of ether oxygens (including phenoxy) is 1. The lowest BCUT2D eigenvalue weighted by molar-refractivity contribution is -0.386. The Balaban J connectivity index is 2.97. The quantitative estimate of drug-likeness (QED) is 0.609. The van der Waals surface area contributed by atoms with Gasteiger partial charge in [0.05, 0.1) is 11.0 Å². The van der Waals surface area contributed by atoms with Gasteiger partial charge in [-0.2, -0.15) is 4.98 Å². The molecule has 0 unspecified atom stereocenters. The fourth-order valence-corrected chi connectivity index (χ4v) is 1.23. The largest absolute Gasteiger partial charge is 0.470 e. The average Bonchev–Trinajstić information content (AvgIpc) is 2.25. The number of nitrogens with zero attached hydrogens (tertiary/aromatic N) is 2. The molecule has 0 bridgehead atoms. The van der Waals surface area contributed by atoms with Crippen molar-refractivity contribution in [3.8, 4) is 5.88 Å². The van der Waals surface area contributed by atoms with Crippen molar-refractivity contribution in [2.24, 2.45) is 0 Å². The predicted molar refractivity (Wildman–Crippen MR) is 65.4 cm³/mol. The Morgan fingerprint density at radius 3 is 2.76 bits per heavy atom. The molecule has 0 fully saturated rings. The van der Waals surface area contributed by atoms with Crippen LogP contribution in [-0.2, 0) is 0 Å². The molecular weight excluding hydrogens is 222 g/mol. The third kappa shape index (κ3) is 3.90. The summed E-state index contributed by atoms with van der Waals surface area (Å²) in [6, 6.07) is 2.99. The first kappa shape index (κ1) is 13.2. The maximum absolute atomic E-state index is 10.8. The zero-order valence-electron chi connectivity index (χ0n) is 10.3. The van der Waals surface area contributed by atoms with E-state index in [9.17, 15) is 10.1 Å². The summed E-state index contributed by atoms with van der Waals surface area (Å²) in [6.45, 7) is 6.41. The van der Waals surface area contributed by atoms with Crippen molar-refractivity contribution in [2.75, 3.05) is 11.9 Å². The number of pyridine rings is 1. The number of hydrogen-bond acceptors (Lipinski definition) is 5. The van der Waals surface area contributed by atoms with Crippen molar-refractivity contribution in [3.63, 3.8) is 0 Å². The SMILES string of the molecule is CCCNc1ccc([N+](=O)[O-])c(OC(C)C)n1. The molecule has 6 heteroatoms. The number of nitrogens with one attached hydrogen (secondary N) is 1. The van der Waals surface area contributed by atoms with E-state index in [4.69, 9.17) is 4.74 Å². The number of anilines is 1. The van der Waals surface area contributed by atoms with E-state index in [0.29, 0.717) is 5.82 Å². The first-order valence-electron chi connectivity index (χ1n) is 5.60. The van der Waals surface area contributed by atoms with E-state index in [0.717, 1.165) is 13.0 Å². The van der Waals surface area contributed by atoms with Crippen molar-refractivity contribution in [3.05, 3.63) is 22.2 Å². The van der Waals surface area contributed by atoms with E-state index in [2.05, 4.69) is 10.3 Å². The van der Waals surface area contributed by atoms with Gasteiger partial charge in [0.15, 0.2) is 0 Å². The second kappa shape index (κ2) is 6.03. The Hall–Kier alpha value is -1.85. The lowest BCUT2D eigenvalue weighted by atomic mass is 10.3. The molecule has 0 aromatic carbocycles. The lowest BCUT2D eigenvalue weighted by Crippen LogP contribution is -2.10. The molecule has 0 radical (unpaired) electrons. The number of rotatable bonds is 6. The molecule has 0 saturated carbocycles. The van der Waals surface area contributed by atoms with Gasteiger partial charge in [-0.3, -0.25) is 10.1 Å². The van der Waals surface area contributed by atoms with Crippen molar-refractivity contribution >= 4 is 11.5 Å². The van der Waals surface area contributed by atoms with Crippen LogP contribution in [0.1, 0.15) is 27.2 Å². The number of nitro groups is 1. The van der Waals surface area contributed by atoms with Crippen LogP contribution in [0, 0.1) is 10.1 Å². The minimum absolute atomic E-state index is 0.0612. The summed E-state index contributed by atoms with van der Waals surface area (Å²) >= 11 is 0. The Morgan fingerprint density at radius 2 is 2.24 bits per heavy atom. The average molecular weight is 239 g/mol. The zero-order chi connectivity index (χ0) is 12.8. The maximum Gasteiger partial charge on any atom is 0.331 e. The van der Waals surface area contributed by atoms with Crippen LogP contribution in [0.5, 0.6) is 5.88 Å². The van der Waals surface area contributed by atoms with Crippen LogP contribution in [-0.4, -0.2) is 22.6 Å². The molecule has 0 atom stereocenters. The van der Waals surface area contributed by atoms with E-state index in [1.807, 2.05) is 6.92 Å². The monoisotopic (exact) mass is 239 g/mol. The molecule has 1 aromatic heterocycles. The summed E-state index contributed by atoms with van der Waals surface area (Å²) in [5, 5.41) is 13.9. The molecule has 1 aromatic rings. The molecule has 6 nitrogen and oxygen atoms in total. The molecule has 17 heavy (non-hydrogen) atoms. The summed E-state index contributed by atoms with van der Waals surface area (Å²) < 4.78 is 5.33. The Kier molecular flexibility index (Phi) is 4.68. The molecule has 0 aliphatic carbocycles. The molecule has 0 amide bonds. The van der Waals surface area contributed by atoms with Gasteiger partial charge in [0.25, 0.3) is 5.88 Å². The van der Waals surface area contributed by atoms with Crippen LogP contribution in [0.25, 0.3) is 0 Å². The summed E-state index contributed by atoms with van der Waals surface area (Å²) in [5.74, 6) is 0.652. The van der Waals surface area contributed by atoms with Gasteiger partial charge >= 0.3 is 5.69 Å². The third-order valence-corrected chi connectivity index (χ3v) is 1.94. The van der Waals surface area contributed by atoms with E-state index in [-0.39, 0.29) is 17.7 Å². The fourth-order valence-electron chi connectivity index (χ4n) is 1.23. The van der Waals surface area contributed by atoms with Gasteiger partial charge in [-0.05, 0) is 26.3 Å². The highest BCUT2D eigenvalue weighted by Gasteiger charge is 2.18. The van der Waals surface area contributed by atoms with Gasteiger partial charge in [-0.15, -0.1) is 0 Å². The van der Waals surface area contributed by atoms with Crippen molar-refractivity contribution < 1.29 is 9.66 Å². The van der Waals surface area contributed by atoms with Crippen LogP contribution < -0.4 is 10.1 Å². The standard InChI is InChI=1S/C11H17N3O3/c1-4-7-12-10-6-5-9(14(15)16)11(13-10)17-8(2)3/h5-6,8H,4,7H2,1-3H3,(H,12,13). The second-order valence-corrected chi connectivity index (χ2v) is 3.87. The maximum atomic E-state index is 10.8. The molecule has 1 N–H and O–H groups in total. The highest BCUT2D eigenvalue weighted by molar-refractivity contribution is 5.49. The van der Waals surface area contributed by atoms with Gasteiger partial charge < -0.3 is 10.1 Å². The minimum Gasteiger partial charge on any atom is -0.470 e. The van der Waals surface area contributed by atoms with Crippen molar-refractivity contribution in [2.45, 2.75) is 33.3 Å². The normalized spacial score (nSPS) is 10.4. The number of aromatic nitrogens is 1. The highest BCUT2D eigenvalue weighted by Crippen LogP contribution is 2.27. The van der Waals surface area contributed by atoms with Gasteiger partial charge in [-0.1, -0.05) is 6.92 Å². The Morgan fingerprint density at radius 1 is 1.53 bits per heavy atom. The van der Waals surface area contributed by atoms with Crippen LogP contribution >= 0.6 is 0 Å². The topological polar surface area (TPSA) is 77.3 Å². The first-order valence-corrected chi connectivity index (χ1v) is 5.60. The summed E-state index contributed by atoms with van der Waals surface area (Å²) in [4.78, 5) is 14.4. The summed E-state index contributed by atoms with van der Waals surface area (Å²) in [6.07, 6.45) is 0.807. The van der Waals surface area contributed by atoms with Crippen LogP contribution in [0.3, 0.4) is 0 Å². The highest BCUT2D eigenvalue weighted by atomic mass is 16.6. The van der Waals surface area contributed by atoms with E-state index < -0.39 is 4.92 Å². The predicted octanol–water partition coefficient (Wildman–Crippen LogP) is 2.60. The third-order valence-electron chi connectivity index (χ3n) is 1.94. The lowest BCUT2D eigenvalue weighted by Gasteiger charge is -2.10. The Bertz CT molecular complexity index is 394. The van der Waals surface area contributed by atoms with Crippen molar-refractivity contribution in [1.29, 1.82) is 0 Å². The first-order chi connectivity index (χ1) is 8.04. The van der Waals surface area contributed by atoms with Crippen LogP contribution in [0.15, 0.2) is 12.1 Å². The fraction of sp³-hybridized carbons (Fsp3) is 0.545. The summed E-state index contributed by atoms with van der Waals surface area (Å²) in [7, 11) is 0. The zero-order valence-corrected chi connectivity index (χ0v) is 10.3.